The Morgan fingerprint density at radius 2 is 0.944 bits per heavy atom. The molecule has 0 saturated heterocycles. The first kappa shape index (κ1) is 50.8. The van der Waals surface area contributed by atoms with Crippen molar-refractivity contribution < 1.29 is 48.0 Å². The molecule has 0 aromatic heterocycles. The van der Waals surface area contributed by atoms with Gasteiger partial charge in [0.15, 0.2) is 6.10 Å². The van der Waals surface area contributed by atoms with Crippen LogP contribution in [0.3, 0.4) is 0 Å². The topological polar surface area (TPSA) is 142 Å². The summed E-state index contributed by atoms with van der Waals surface area (Å²) in [6, 6.07) is 0. The van der Waals surface area contributed by atoms with Crippen LogP contribution in [0.4, 0.5) is 0 Å². The van der Waals surface area contributed by atoms with Crippen molar-refractivity contribution in [3.63, 3.8) is 0 Å². The van der Waals surface area contributed by atoms with E-state index in [4.69, 9.17) is 24.1 Å². The molecule has 0 heterocycles. The fourth-order valence-corrected chi connectivity index (χ4v) is 5.85. The molecule has 54 heavy (non-hydrogen) atoms. The van der Waals surface area contributed by atoms with Crippen LogP contribution >= 0.6 is 0 Å². The molecule has 312 valence electrons. The first-order chi connectivity index (χ1) is 26.1. The van der Waals surface area contributed by atoms with E-state index in [2.05, 4.69) is 38.2 Å². The molecule has 10 nitrogen and oxygen atoms in total. The van der Waals surface area contributed by atoms with Crippen molar-refractivity contribution in [2.75, 3.05) is 19.8 Å². The van der Waals surface area contributed by atoms with Gasteiger partial charge in [-0.2, -0.15) is 0 Å². The van der Waals surface area contributed by atoms with Crippen LogP contribution in [0.1, 0.15) is 188 Å². The monoisotopic (exact) mass is 765 g/mol. The predicted molar refractivity (Wildman–Crippen MR) is 214 cm³/mol. The summed E-state index contributed by atoms with van der Waals surface area (Å²) in [5.74, 6) is -2.26. The minimum Gasteiger partial charge on any atom is -0.481 e. The largest absolute Gasteiger partial charge is 0.481 e. The molecule has 0 aliphatic heterocycles. The quantitative estimate of drug-likeness (QED) is 0.0281. The maximum absolute atomic E-state index is 12.9. The van der Waals surface area contributed by atoms with Gasteiger partial charge in [-0.15, -0.1) is 0 Å². The minimum absolute atomic E-state index is 0.0261. The van der Waals surface area contributed by atoms with Gasteiger partial charge < -0.3 is 24.1 Å². The molecule has 0 spiro atoms. The summed E-state index contributed by atoms with van der Waals surface area (Å²) in [5, 5.41) is 8.69. The Bertz CT molecular complexity index is 990. The third-order valence-electron chi connectivity index (χ3n) is 9.13. The van der Waals surface area contributed by atoms with Gasteiger partial charge in [0, 0.05) is 32.1 Å². The van der Waals surface area contributed by atoms with Crippen LogP contribution in [0.2, 0.25) is 0 Å². The molecule has 0 aromatic carbocycles. The number of allylic oxidation sites excluding steroid dienone is 4. The first-order valence-electron chi connectivity index (χ1n) is 21.2. The second-order valence-electron chi connectivity index (χ2n) is 14.9. The molecule has 0 aromatic rings. The van der Waals surface area contributed by atoms with Crippen LogP contribution in [0, 0.1) is 11.8 Å². The molecule has 0 aliphatic rings. The number of rotatable bonds is 37. The Balaban J connectivity index is 4.65. The van der Waals surface area contributed by atoms with Gasteiger partial charge in [0.1, 0.15) is 13.2 Å². The molecule has 1 N–H and O–H groups in total. The number of hydrogen-bond acceptors (Lipinski definition) is 9. The summed E-state index contributed by atoms with van der Waals surface area (Å²) in [6.45, 7) is 8.06. The van der Waals surface area contributed by atoms with Gasteiger partial charge in [-0.05, 0) is 69.6 Å². The number of aliphatic carboxylic acids is 1. The molecule has 0 radical (unpaired) electrons. The minimum atomic E-state index is -0.915. The van der Waals surface area contributed by atoms with Gasteiger partial charge >= 0.3 is 29.8 Å². The molecular formula is C44H76O10. The van der Waals surface area contributed by atoms with E-state index in [0.717, 1.165) is 109 Å². The van der Waals surface area contributed by atoms with Crippen molar-refractivity contribution in [2.24, 2.45) is 11.8 Å². The summed E-state index contributed by atoms with van der Waals surface area (Å²) in [7, 11) is 0. The van der Waals surface area contributed by atoms with E-state index in [-0.39, 0.29) is 68.8 Å². The highest BCUT2D eigenvalue weighted by molar-refractivity contribution is 5.71. The zero-order valence-electron chi connectivity index (χ0n) is 34.5. The zero-order valence-corrected chi connectivity index (χ0v) is 34.5. The van der Waals surface area contributed by atoms with Gasteiger partial charge in [0.2, 0.25) is 0 Å². The van der Waals surface area contributed by atoms with Crippen LogP contribution in [0.25, 0.3) is 0 Å². The Kier molecular flexibility index (Phi) is 34.6. The normalized spacial score (nSPS) is 12.6. The highest BCUT2D eigenvalue weighted by atomic mass is 16.6. The van der Waals surface area contributed by atoms with Crippen molar-refractivity contribution in [1.29, 1.82) is 0 Å². The first-order valence-corrected chi connectivity index (χ1v) is 21.2. The second-order valence-corrected chi connectivity index (χ2v) is 14.9. The Labute approximate surface area is 327 Å². The summed E-state index contributed by atoms with van der Waals surface area (Å²) in [6.07, 6.45) is 28.6. The van der Waals surface area contributed by atoms with Crippen molar-refractivity contribution >= 4 is 29.8 Å². The van der Waals surface area contributed by atoms with E-state index in [1.54, 1.807) is 0 Å². The maximum atomic E-state index is 12.9. The molecule has 0 fully saturated rings. The number of carboxylic acids is 1. The molecule has 0 bridgehead atoms. The number of carboxylic acid groups (broad SMARTS) is 1. The summed E-state index contributed by atoms with van der Waals surface area (Å²) >= 11 is 0. The van der Waals surface area contributed by atoms with Crippen LogP contribution < -0.4 is 0 Å². The third kappa shape index (κ3) is 35.8. The molecule has 2 unspecified atom stereocenters. The molecule has 0 aliphatic carbocycles. The standard InChI is InChI=1S/C44H76O10/c1-5-7-9-11-13-15-17-19-21-23-30-41(47)52-35-39(36-53-42(48)31-24-22-20-18-16-14-12-10-8-6-2)54-44(50)34-38(4)28-25-27-37(3)33-43(49)51-32-26-29-40(45)46/h9-12,37-39H,5-8,13-36H2,1-4H3,(H,45,46)/b11-9-,12-10-. The zero-order chi connectivity index (χ0) is 40.1. The molecule has 2 atom stereocenters. The summed E-state index contributed by atoms with van der Waals surface area (Å²) < 4.78 is 21.7. The van der Waals surface area contributed by atoms with Gasteiger partial charge in [-0.3, -0.25) is 24.0 Å². The van der Waals surface area contributed by atoms with Gasteiger partial charge in [-0.25, -0.2) is 0 Å². The number of esters is 4. The van der Waals surface area contributed by atoms with E-state index >= 15 is 0 Å². The van der Waals surface area contributed by atoms with Crippen LogP contribution in [-0.4, -0.2) is 60.9 Å². The lowest BCUT2D eigenvalue weighted by Crippen LogP contribution is -2.31. The van der Waals surface area contributed by atoms with Crippen molar-refractivity contribution in [3.8, 4) is 0 Å². The lowest BCUT2D eigenvalue weighted by molar-refractivity contribution is -0.167. The van der Waals surface area contributed by atoms with E-state index < -0.39 is 18.0 Å². The highest BCUT2D eigenvalue weighted by Gasteiger charge is 2.21. The van der Waals surface area contributed by atoms with E-state index in [1.165, 1.54) is 12.8 Å². The lowest BCUT2D eigenvalue weighted by Gasteiger charge is -2.20. The second kappa shape index (κ2) is 36.8. The number of hydrogen-bond donors (Lipinski definition) is 1. The Morgan fingerprint density at radius 3 is 1.43 bits per heavy atom. The molecule has 0 amide bonds. The van der Waals surface area contributed by atoms with Crippen molar-refractivity contribution in [3.05, 3.63) is 24.3 Å². The van der Waals surface area contributed by atoms with Crippen LogP contribution in [0.5, 0.6) is 0 Å². The number of carbonyl (C=O) groups excluding carboxylic acids is 4. The predicted octanol–water partition coefficient (Wildman–Crippen LogP) is 10.8. The SMILES string of the molecule is CCC/C=C\CCCCCCCC(=O)OCC(COC(=O)CCCCCCC/C=C\CCC)OC(=O)CC(C)CCCC(C)CC(=O)OCCCC(=O)O. The van der Waals surface area contributed by atoms with Gasteiger partial charge in [0.05, 0.1) is 6.61 Å². The fraction of sp³-hybridized carbons (Fsp3) is 0.795. The van der Waals surface area contributed by atoms with Crippen molar-refractivity contribution in [1.82, 2.24) is 0 Å². The smallest absolute Gasteiger partial charge is 0.306 e. The number of ether oxygens (including phenoxy) is 4. The number of unbranched alkanes of at least 4 members (excludes halogenated alkanes) is 12. The maximum Gasteiger partial charge on any atom is 0.306 e. The molecular weight excluding hydrogens is 688 g/mol. The molecule has 0 saturated carbocycles. The van der Waals surface area contributed by atoms with E-state index in [0.29, 0.717) is 19.3 Å². The highest BCUT2D eigenvalue weighted by Crippen LogP contribution is 2.19. The summed E-state index contributed by atoms with van der Waals surface area (Å²) in [4.78, 5) is 60.5. The van der Waals surface area contributed by atoms with E-state index in [1.807, 2.05) is 13.8 Å². The average Bonchev–Trinajstić information content (AvgIpc) is 3.12. The van der Waals surface area contributed by atoms with Gasteiger partial charge in [0.25, 0.3) is 0 Å². The fourth-order valence-electron chi connectivity index (χ4n) is 5.85. The Hall–Kier alpha value is -3.17. The van der Waals surface area contributed by atoms with Crippen LogP contribution in [-0.2, 0) is 42.9 Å². The van der Waals surface area contributed by atoms with Crippen LogP contribution in [0.15, 0.2) is 24.3 Å². The van der Waals surface area contributed by atoms with Gasteiger partial charge in [-0.1, -0.05) is 123 Å². The summed E-state index contributed by atoms with van der Waals surface area (Å²) in [5.41, 5.74) is 0. The Morgan fingerprint density at radius 1 is 0.500 bits per heavy atom. The van der Waals surface area contributed by atoms with Crippen molar-refractivity contribution in [2.45, 2.75) is 194 Å². The average molecular weight is 765 g/mol. The number of carbonyl (C=O) groups is 5. The lowest BCUT2D eigenvalue weighted by atomic mass is 9.95. The molecule has 0 rings (SSSR count). The van der Waals surface area contributed by atoms with E-state index in [9.17, 15) is 24.0 Å². The third-order valence-corrected chi connectivity index (χ3v) is 9.13. The molecule has 10 heteroatoms.